The number of para-hydroxylation sites is 1. The first-order valence-corrected chi connectivity index (χ1v) is 7.41. The minimum Gasteiger partial charge on any atom is -0.398 e. The molecule has 4 N–H and O–H groups in total. The van der Waals surface area contributed by atoms with Crippen molar-refractivity contribution in [3.05, 3.63) is 29.8 Å². The van der Waals surface area contributed by atoms with Crippen molar-refractivity contribution >= 4 is 11.6 Å². The molecule has 1 aliphatic carbocycles. The van der Waals surface area contributed by atoms with Crippen molar-refractivity contribution in [3.8, 4) is 0 Å². The van der Waals surface area contributed by atoms with E-state index in [1.165, 1.54) is 12.8 Å². The van der Waals surface area contributed by atoms with Gasteiger partial charge in [0.1, 0.15) is 0 Å². The highest BCUT2D eigenvalue weighted by atomic mass is 16.3. The van der Waals surface area contributed by atoms with Crippen LogP contribution < -0.4 is 11.1 Å². The van der Waals surface area contributed by atoms with Gasteiger partial charge in [-0.2, -0.15) is 0 Å². The molecule has 1 aromatic rings. The molecule has 4 nitrogen and oxygen atoms in total. The number of nitrogen functional groups attached to an aromatic ring is 1. The number of anilines is 1. The van der Waals surface area contributed by atoms with E-state index in [9.17, 15) is 9.90 Å². The van der Waals surface area contributed by atoms with Crippen molar-refractivity contribution in [3.63, 3.8) is 0 Å². The van der Waals surface area contributed by atoms with E-state index in [0.717, 1.165) is 18.4 Å². The van der Waals surface area contributed by atoms with Gasteiger partial charge in [0.25, 0.3) is 0 Å². The molecule has 0 bridgehead atoms. The van der Waals surface area contributed by atoms with Crippen LogP contribution >= 0.6 is 0 Å². The number of hydrogen-bond acceptors (Lipinski definition) is 3. The summed E-state index contributed by atoms with van der Waals surface area (Å²) < 4.78 is 0. The molecule has 0 saturated heterocycles. The topological polar surface area (TPSA) is 75.4 Å². The molecule has 4 heteroatoms. The number of amides is 1. The standard InChI is InChI=1S/C16H24N2O2/c17-15-8-4-3-5-12(15)9-16(20)18-10-13-6-1-2-7-14(13)11-19/h3-5,8,13-14,19H,1-2,6-7,9-11,17H2,(H,18,20). The highest BCUT2D eigenvalue weighted by molar-refractivity contribution is 5.80. The van der Waals surface area contributed by atoms with Gasteiger partial charge in [-0.3, -0.25) is 4.79 Å². The van der Waals surface area contributed by atoms with Gasteiger partial charge in [-0.25, -0.2) is 0 Å². The SMILES string of the molecule is Nc1ccccc1CC(=O)NCC1CCCCC1CO. The Hall–Kier alpha value is -1.55. The third kappa shape index (κ3) is 3.97. The van der Waals surface area contributed by atoms with Gasteiger partial charge in [0.05, 0.1) is 6.42 Å². The summed E-state index contributed by atoms with van der Waals surface area (Å²) in [6, 6.07) is 7.45. The van der Waals surface area contributed by atoms with E-state index in [1.54, 1.807) is 0 Å². The molecule has 2 rings (SSSR count). The number of carbonyl (C=O) groups excluding carboxylic acids is 1. The Morgan fingerprint density at radius 3 is 2.65 bits per heavy atom. The molecule has 0 heterocycles. The minimum absolute atomic E-state index is 0.00478. The van der Waals surface area contributed by atoms with Crippen LogP contribution in [0.5, 0.6) is 0 Å². The zero-order valence-electron chi connectivity index (χ0n) is 11.8. The van der Waals surface area contributed by atoms with Gasteiger partial charge >= 0.3 is 0 Å². The fourth-order valence-electron chi connectivity index (χ4n) is 2.97. The number of rotatable bonds is 5. The molecule has 110 valence electrons. The lowest BCUT2D eigenvalue weighted by Crippen LogP contribution is -2.36. The largest absolute Gasteiger partial charge is 0.398 e. The van der Waals surface area contributed by atoms with Crippen molar-refractivity contribution in [1.29, 1.82) is 0 Å². The maximum Gasteiger partial charge on any atom is 0.224 e. The summed E-state index contributed by atoms with van der Waals surface area (Å²) in [5, 5.41) is 12.4. The Labute approximate surface area is 120 Å². The van der Waals surface area contributed by atoms with E-state index in [0.29, 0.717) is 30.5 Å². The van der Waals surface area contributed by atoms with Crippen molar-refractivity contribution < 1.29 is 9.90 Å². The van der Waals surface area contributed by atoms with Crippen molar-refractivity contribution in [2.45, 2.75) is 32.1 Å². The van der Waals surface area contributed by atoms with Gasteiger partial charge < -0.3 is 16.2 Å². The summed E-state index contributed by atoms with van der Waals surface area (Å²) in [7, 11) is 0. The number of nitrogens with two attached hydrogens (primary N) is 1. The number of benzene rings is 1. The van der Waals surface area contributed by atoms with Crippen LogP contribution in [-0.4, -0.2) is 24.2 Å². The summed E-state index contributed by atoms with van der Waals surface area (Å²) in [6.07, 6.45) is 4.88. The van der Waals surface area contributed by atoms with Crippen LogP contribution in [0.25, 0.3) is 0 Å². The Morgan fingerprint density at radius 1 is 1.25 bits per heavy atom. The molecule has 20 heavy (non-hydrogen) atoms. The maximum absolute atomic E-state index is 12.0. The lowest BCUT2D eigenvalue weighted by Gasteiger charge is -2.30. The molecular weight excluding hydrogens is 252 g/mol. The average molecular weight is 276 g/mol. The lowest BCUT2D eigenvalue weighted by molar-refractivity contribution is -0.120. The molecule has 2 unspecified atom stereocenters. The number of aliphatic hydroxyl groups excluding tert-OH is 1. The summed E-state index contributed by atoms with van der Waals surface area (Å²) in [6.45, 7) is 0.892. The van der Waals surface area contributed by atoms with Crippen LogP contribution in [0.2, 0.25) is 0 Å². The lowest BCUT2D eigenvalue weighted by atomic mass is 9.79. The molecule has 1 saturated carbocycles. The molecule has 0 aliphatic heterocycles. The zero-order chi connectivity index (χ0) is 14.4. The number of aliphatic hydroxyl groups is 1. The van der Waals surface area contributed by atoms with E-state index in [4.69, 9.17) is 5.73 Å². The number of nitrogens with one attached hydrogen (secondary N) is 1. The third-order valence-corrected chi connectivity index (χ3v) is 4.27. The predicted octanol–water partition coefficient (Wildman–Crippen LogP) is 1.73. The monoisotopic (exact) mass is 276 g/mol. The van der Waals surface area contributed by atoms with Crippen molar-refractivity contribution in [1.82, 2.24) is 5.32 Å². The van der Waals surface area contributed by atoms with Gasteiger partial charge in [0.15, 0.2) is 0 Å². The van der Waals surface area contributed by atoms with Crippen LogP contribution in [0.15, 0.2) is 24.3 Å². The quantitative estimate of drug-likeness (QED) is 0.717. The summed E-state index contributed by atoms with van der Waals surface area (Å²) in [4.78, 5) is 12.0. The van der Waals surface area contributed by atoms with E-state index in [-0.39, 0.29) is 12.5 Å². The second-order valence-electron chi connectivity index (χ2n) is 5.67. The number of carbonyl (C=O) groups is 1. The fourth-order valence-corrected chi connectivity index (χ4v) is 2.97. The Morgan fingerprint density at radius 2 is 1.95 bits per heavy atom. The molecular formula is C16H24N2O2. The van der Waals surface area contributed by atoms with Gasteiger partial charge in [-0.05, 0) is 36.3 Å². The first kappa shape index (κ1) is 14.9. The second-order valence-corrected chi connectivity index (χ2v) is 5.67. The van der Waals surface area contributed by atoms with Gasteiger partial charge in [0.2, 0.25) is 5.91 Å². The van der Waals surface area contributed by atoms with E-state index < -0.39 is 0 Å². The average Bonchev–Trinajstić information content (AvgIpc) is 2.48. The summed E-state index contributed by atoms with van der Waals surface area (Å²) in [5.41, 5.74) is 7.37. The van der Waals surface area contributed by atoms with Gasteiger partial charge in [-0.15, -0.1) is 0 Å². The number of hydrogen-bond donors (Lipinski definition) is 3. The third-order valence-electron chi connectivity index (χ3n) is 4.27. The van der Waals surface area contributed by atoms with Crippen molar-refractivity contribution in [2.24, 2.45) is 11.8 Å². The summed E-state index contributed by atoms with van der Waals surface area (Å²) in [5.74, 6) is 0.752. The van der Waals surface area contributed by atoms with Crippen LogP contribution in [-0.2, 0) is 11.2 Å². The van der Waals surface area contributed by atoms with E-state index >= 15 is 0 Å². The maximum atomic E-state index is 12.0. The molecule has 0 spiro atoms. The zero-order valence-corrected chi connectivity index (χ0v) is 11.8. The Kier molecular flexibility index (Phi) is 5.41. The highest BCUT2D eigenvalue weighted by Gasteiger charge is 2.24. The molecule has 2 atom stereocenters. The van der Waals surface area contributed by atoms with Gasteiger partial charge in [-0.1, -0.05) is 31.0 Å². The molecule has 0 aromatic heterocycles. The molecule has 1 aliphatic rings. The minimum atomic E-state index is 0.00478. The normalized spacial score (nSPS) is 22.4. The predicted molar refractivity (Wildman–Crippen MR) is 80.1 cm³/mol. The first-order valence-electron chi connectivity index (χ1n) is 7.41. The Balaban J connectivity index is 1.81. The van der Waals surface area contributed by atoms with E-state index in [1.807, 2.05) is 24.3 Å². The van der Waals surface area contributed by atoms with E-state index in [2.05, 4.69) is 5.32 Å². The van der Waals surface area contributed by atoms with Crippen LogP contribution in [0, 0.1) is 11.8 Å². The van der Waals surface area contributed by atoms with Crippen LogP contribution in [0.4, 0.5) is 5.69 Å². The molecule has 1 fully saturated rings. The highest BCUT2D eigenvalue weighted by Crippen LogP contribution is 2.29. The molecule has 1 aromatic carbocycles. The van der Waals surface area contributed by atoms with Crippen LogP contribution in [0.1, 0.15) is 31.2 Å². The second kappa shape index (κ2) is 7.29. The Bertz CT molecular complexity index is 448. The fraction of sp³-hybridized carbons (Fsp3) is 0.562. The van der Waals surface area contributed by atoms with Crippen molar-refractivity contribution in [2.75, 3.05) is 18.9 Å². The van der Waals surface area contributed by atoms with Crippen LogP contribution in [0.3, 0.4) is 0 Å². The molecule has 1 amide bonds. The molecule has 0 radical (unpaired) electrons. The first-order chi connectivity index (χ1) is 9.70. The summed E-state index contributed by atoms with van der Waals surface area (Å²) >= 11 is 0. The smallest absolute Gasteiger partial charge is 0.224 e. The van der Waals surface area contributed by atoms with Gasteiger partial charge in [0, 0.05) is 18.8 Å².